The minimum atomic E-state index is -0.134. The Morgan fingerprint density at radius 3 is 3.00 bits per heavy atom. The molecule has 0 aliphatic carbocycles. The highest BCUT2D eigenvalue weighted by atomic mass is 19.1. The average Bonchev–Trinajstić information content (AvgIpc) is 2.79. The molecule has 0 saturated carbocycles. The molecule has 88 valence electrons. The van der Waals surface area contributed by atoms with Gasteiger partial charge in [0.05, 0.1) is 6.61 Å². The highest BCUT2D eigenvalue weighted by Crippen LogP contribution is 2.17. The fourth-order valence-electron chi connectivity index (χ4n) is 2.02. The SMILES string of the molecule is C[C@@H](NCC1CCOC1)c1ccccc1F. The predicted molar refractivity (Wildman–Crippen MR) is 61.7 cm³/mol. The van der Waals surface area contributed by atoms with E-state index in [1.165, 1.54) is 6.07 Å². The van der Waals surface area contributed by atoms with Crippen LogP contribution in [0, 0.1) is 11.7 Å². The first-order chi connectivity index (χ1) is 7.77. The van der Waals surface area contributed by atoms with Gasteiger partial charge in [-0.25, -0.2) is 4.39 Å². The summed E-state index contributed by atoms with van der Waals surface area (Å²) in [5, 5.41) is 3.36. The van der Waals surface area contributed by atoms with Gasteiger partial charge in [0.15, 0.2) is 0 Å². The van der Waals surface area contributed by atoms with Crippen molar-refractivity contribution in [3.8, 4) is 0 Å². The van der Waals surface area contributed by atoms with Crippen LogP contribution in [-0.2, 0) is 4.74 Å². The third-order valence-electron chi connectivity index (χ3n) is 3.11. The molecule has 2 nitrogen and oxygen atoms in total. The molecule has 1 aromatic carbocycles. The van der Waals surface area contributed by atoms with Gasteiger partial charge in [-0.1, -0.05) is 18.2 Å². The van der Waals surface area contributed by atoms with Crippen molar-refractivity contribution >= 4 is 0 Å². The first-order valence-corrected chi connectivity index (χ1v) is 5.83. The van der Waals surface area contributed by atoms with E-state index < -0.39 is 0 Å². The lowest BCUT2D eigenvalue weighted by atomic mass is 10.1. The Bertz CT molecular complexity index is 336. The molecule has 2 rings (SSSR count). The molecule has 0 aromatic heterocycles. The molecule has 1 N–H and O–H groups in total. The maximum Gasteiger partial charge on any atom is 0.127 e. The highest BCUT2D eigenvalue weighted by Gasteiger charge is 2.17. The fraction of sp³-hybridized carbons (Fsp3) is 0.538. The second-order valence-corrected chi connectivity index (χ2v) is 4.38. The number of nitrogens with one attached hydrogen (secondary N) is 1. The van der Waals surface area contributed by atoms with Crippen molar-refractivity contribution in [2.75, 3.05) is 19.8 Å². The summed E-state index contributed by atoms with van der Waals surface area (Å²) in [5.41, 5.74) is 0.737. The predicted octanol–water partition coefficient (Wildman–Crippen LogP) is 2.51. The molecule has 1 aliphatic rings. The number of hydrogen-bond acceptors (Lipinski definition) is 2. The summed E-state index contributed by atoms with van der Waals surface area (Å²) >= 11 is 0. The quantitative estimate of drug-likeness (QED) is 0.846. The van der Waals surface area contributed by atoms with Crippen molar-refractivity contribution in [3.05, 3.63) is 35.6 Å². The molecule has 3 heteroatoms. The van der Waals surface area contributed by atoms with E-state index in [4.69, 9.17) is 4.74 Å². The third-order valence-corrected chi connectivity index (χ3v) is 3.11. The Kier molecular flexibility index (Phi) is 3.91. The zero-order valence-electron chi connectivity index (χ0n) is 9.58. The summed E-state index contributed by atoms with van der Waals surface area (Å²) in [6.45, 7) is 4.58. The highest BCUT2D eigenvalue weighted by molar-refractivity contribution is 5.20. The minimum Gasteiger partial charge on any atom is -0.381 e. The molecule has 1 saturated heterocycles. The smallest absolute Gasteiger partial charge is 0.127 e. The van der Waals surface area contributed by atoms with Crippen LogP contribution in [0.5, 0.6) is 0 Å². The average molecular weight is 223 g/mol. The molecule has 1 heterocycles. The normalized spacial score (nSPS) is 22.2. The van der Waals surface area contributed by atoms with Gasteiger partial charge in [0.2, 0.25) is 0 Å². The van der Waals surface area contributed by atoms with E-state index in [2.05, 4.69) is 5.32 Å². The van der Waals surface area contributed by atoms with Gasteiger partial charge < -0.3 is 10.1 Å². The number of benzene rings is 1. The number of ether oxygens (including phenoxy) is 1. The molecule has 16 heavy (non-hydrogen) atoms. The zero-order valence-corrected chi connectivity index (χ0v) is 9.58. The van der Waals surface area contributed by atoms with Crippen molar-refractivity contribution in [2.45, 2.75) is 19.4 Å². The largest absolute Gasteiger partial charge is 0.381 e. The fourth-order valence-corrected chi connectivity index (χ4v) is 2.02. The molecule has 1 unspecified atom stereocenters. The minimum absolute atomic E-state index is 0.0572. The van der Waals surface area contributed by atoms with Crippen LogP contribution in [0.3, 0.4) is 0 Å². The molecular weight excluding hydrogens is 205 g/mol. The maximum absolute atomic E-state index is 13.5. The molecular formula is C13H18FNO. The van der Waals surface area contributed by atoms with Crippen molar-refractivity contribution in [1.82, 2.24) is 5.32 Å². The van der Waals surface area contributed by atoms with Crippen LogP contribution >= 0.6 is 0 Å². The Balaban J connectivity index is 1.87. The van der Waals surface area contributed by atoms with Gasteiger partial charge in [-0.2, -0.15) is 0 Å². The van der Waals surface area contributed by atoms with Crippen molar-refractivity contribution in [2.24, 2.45) is 5.92 Å². The molecule has 1 aromatic rings. The summed E-state index contributed by atoms with van der Waals surface area (Å²) in [5.74, 6) is 0.444. The van der Waals surface area contributed by atoms with Gasteiger partial charge in [0.25, 0.3) is 0 Å². The maximum atomic E-state index is 13.5. The standard InChI is InChI=1S/C13H18FNO/c1-10(12-4-2-3-5-13(12)14)15-8-11-6-7-16-9-11/h2-5,10-11,15H,6-9H2,1H3/t10-,11?/m1/s1. The van der Waals surface area contributed by atoms with Crippen LogP contribution in [0.25, 0.3) is 0 Å². The molecule has 1 fully saturated rings. The van der Waals surface area contributed by atoms with Crippen LogP contribution in [0.1, 0.15) is 24.9 Å². The van der Waals surface area contributed by atoms with E-state index in [0.717, 1.165) is 31.7 Å². The Morgan fingerprint density at radius 2 is 2.31 bits per heavy atom. The van der Waals surface area contributed by atoms with E-state index in [0.29, 0.717) is 5.92 Å². The Labute approximate surface area is 95.8 Å². The zero-order chi connectivity index (χ0) is 11.4. The lowest BCUT2D eigenvalue weighted by Crippen LogP contribution is -2.26. The Hall–Kier alpha value is -0.930. The van der Waals surface area contributed by atoms with E-state index in [1.807, 2.05) is 19.1 Å². The van der Waals surface area contributed by atoms with Crippen molar-refractivity contribution in [3.63, 3.8) is 0 Å². The second kappa shape index (κ2) is 5.41. The van der Waals surface area contributed by atoms with E-state index in [9.17, 15) is 4.39 Å². The summed E-state index contributed by atoms with van der Waals surface area (Å²) in [6, 6.07) is 6.98. The lowest BCUT2D eigenvalue weighted by molar-refractivity contribution is 0.184. The molecule has 0 radical (unpaired) electrons. The van der Waals surface area contributed by atoms with Crippen LogP contribution in [0.15, 0.2) is 24.3 Å². The van der Waals surface area contributed by atoms with Crippen LogP contribution < -0.4 is 5.32 Å². The molecule has 2 atom stereocenters. The summed E-state index contributed by atoms with van der Waals surface area (Å²) in [7, 11) is 0. The first kappa shape index (κ1) is 11.6. The van der Waals surface area contributed by atoms with Gasteiger partial charge in [-0.05, 0) is 25.3 Å². The topological polar surface area (TPSA) is 21.3 Å². The van der Waals surface area contributed by atoms with Crippen LogP contribution in [-0.4, -0.2) is 19.8 Å². The molecule has 0 amide bonds. The first-order valence-electron chi connectivity index (χ1n) is 5.83. The van der Waals surface area contributed by atoms with E-state index in [-0.39, 0.29) is 11.9 Å². The van der Waals surface area contributed by atoms with Gasteiger partial charge in [-0.15, -0.1) is 0 Å². The summed E-state index contributed by atoms with van der Waals surface area (Å²) in [4.78, 5) is 0. The van der Waals surface area contributed by atoms with Crippen LogP contribution in [0.4, 0.5) is 4.39 Å². The monoisotopic (exact) mass is 223 g/mol. The van der Waals surface area contributed by atoms with Gasteiger partial charge >= 0.3 is 0 Å². The van der Waals surface area contributed by atoms with Crippen molar-refractivity contribution in [1.29, 1.82) is 0 Å². The summed E-state index contributed by atoms with van der Waals surface area (Å²) < 4.78 is 18.8. The molecule has 0 spiro atoms. The lowest BCUT2D eigenvalue weighted by Gasteiger charge is -2.17. The number of hydrogen-bond donors (Lipinski definition) is 1. The van der Waals surface area contributed by atoms with E-state index >= 15 is 0 Å². The number of rotatable bonds is 4. The number of halogens is 1. The van der Waals surface area contributed by atoms with Gasteiger partial charge in [0, 0.05) is 24.8 Å². The van der Waals surface area contributed by atoms with Gasteiger partial charge in [-0.3, -0.25) is 0 Å². The third kappa shape index (κ3) is 2.80. The van der Waals surface area contributed by atoms with Gasteiger partial charge in [0.1, 0.15) is 5.82 Å². The second-order valence-electron chi connectivity index (χ2n) is 4.38. The van der Waals surface area contributed by atoms with Crippen molar-refractivity contribution < 1.29 is 9.13 Å². The Morgan fingerprint density at radius 1 is 1.50 bits per heavy atom. The van der Waals surface area contributed by atoms with Crippen LogP contribution in [0.2, 0.25) is 0 Å². The summed E-state index contributed by atoms with van der Waals surface area (Å²) in [6.07, 6.45) is 1.11. The molecule has 1 aliphatic heterocycles. The van der Waals surface area contributed by atoms with E-state index in [1.54, 1.807) is 6.07 Å². The molecule has 0 bridgehead atoms.